The summed E-state index contributed by atoms with van der Waals surface area (Å²) in [6, 6.07) is 70.9. The van der Waals surface area contributed by atoms with Gasteiger partial charge in [-0.3, -0.25) is 0 Å². The zero-order chi connectivity index (χ0) is 41.5. The van der Waals surface area contributed by atoms with Crippen LogP contribution in [0.25, 0.3) is 94.4 Å². The maximum absolute atomic E-state index is 5.31. The van der Waals surface area contributed by atoms with E-state index in [1.165, 1.54) is 93.4 Å². The van der Waals surface area contributed by atoms with Crippen molar-refractivity contribution < 1.29 is 0 Å². The first-order valence-corrected chi connectivity index (χ1v) is 22.9. The number of hydrogen-bond donors (Lipinski definition) is 0. The van der Waals surface area contributed by atoms with Crippen molar-refractivity contribution in [3.05, 3.63) is 200 Å². The van der Waals surface area contributed by atoms with E-state index in [-0.39, 0.29) is 0 Å². The molecule has 0 aliphatic heterocycles. The monoisotopic (exact) mass is 809 g/mol. The summed E-state index contributed by atoms with van der Waals surface area (Å²) in [7, 11) is 0. The molecule has 3 heteroatoms. The highest BCUT2D eigenvalue weighted by atomic mass is 15.0. The Balaban J connectivity index is 0.883. The SMILES string of the molecule is c1ccc(-c2cc(-c3cccc(-c4cccc5cccc(-c6ccc(C78CC9CC(CC(C9)C7)C8)cc6)c45)c3)nc(-c3ccc(-n4c5ccccc5c5ccccc54)cc3)n2)cc1. The average Bonchev–Trinajstić information content (AvgIpc) is 3.68. The number of benzene rings is 8. The van der Waals surface area contributed by atoms with E-state index in [1.807, 2.05) is 0 Å². The number of rotatable bonds is 7. The molecule has 302 valence electrons. The van der Waals surface area contributed by atoms with Gasteiger partial charge in [0.15, 0.2) is 5.82 Å². The summed E-state index contributed by atoms with van der Waals surface area (Å²) < 4.78 is 2.35. The smallest absolute Gasteiger partial charge is 0.160 e. The second-order valence-electron chi connectivity index (χ2n) is 18.8. The molecule has 3 nitrogen and oxygen atoms in total. The Kier molecular flexibility index (Phi) is 8.41. The molecule has 2 heterocycles. The summed E-state index contributed by atoms with van der Waals surface area (Å²) in [5, 5.41) is 5.05. The van der Waals surface area contributed by atoms with Crippen LogP contribution in [0.4, 0.5) is 0 Å². The van der Waals surface area contributed by atoms with Crippen LogP contribution in [0.1, 0.15) is 44.1 Å². The second-order valence-corrected chi connectivity index (χ2v) is 18.8. The average molecular weight is 810 g/mol. The fourth-order valence-corrected chi connectivity index (χ4v) is 12.6. The third kappa shape index (κ3) is 6.16. The van der Waals surface area contributed by atoms with Crippen molar-refractivity contribution in [3.63, 3.8) is 0 Å². The van der Waals surface area contributed by atoms with Gasteiger partial charge in [0.25, 0.3) is 0 Å². The summed E-state index contributed by atoms with van der Waals surface area (Å²) in [5.74, 6) is 3.53. The Bertz CT molecular complexity index is 3260. The second kappa shape index (κ2) is 14.5. The van der Waals surface area contributed by atoms with Crippen LogP contribution < -0.4 is 0 Å². The first-order valence-electron chi connectivity index (χ1n) is 22.9. The Morgan fingerprint density at radius 3 is 1.59 bits per heavy atom. The van der Waals surface area contributed by atoms with Crippen LogP contribution in [0, 0.1) is 17.8 Å². The van der Waals surface area contributed by atoms with Crippen molar-refractivity contribution in [2.24, 2.45) is 17.8 Å². The van der Waals surface area contributed by atoms with E-state index in [9.17, 15) is 0 Å². The third-order valence-electron chi connectivity index (χ3n) is 15.0. The summed E-state index contributed by atoms with van der Waals surface area (Å²) >= 11 is 0. The van der Waals surface area contributed by atoms with Gasteiger partial charge < -0.3 is 4.57 Å². The maximum atomic E-state index is 5.31. The molecule has 4 aliphatic rings. The van der Waals surface area contributed by atoms with E-state index in [1.54, 1.807) is 5.56 Å². The molecule has 2 aromatic heterocycles. The maximum Gasteiger partial charge on any atom is 0.160 e. The fraction of sp³-hybridized carbons (Fsp3) is 0.167. The van der Waals surface area contributed by atoms with Gasteiger partial charge in [0.05, 0.1) is 22.4 Å². The molecule has 4 saturated carbocycles. The lowest BCUT2D eigenvalue weighted by Gasteiger charge is -2.57. The number of hydrogen-bond acceptors (Lipinski definition) is 2. The van der Waals surface area contributed by atoms with Crippen LogP contribution in [0.2, 0.25) is 0 Å². The minimum Gasteiger partial charge on any atom is -0.309 e. The summed E-state index contributed by atoms with van der Waals surface area (Å²) in [6.45, 7) is 0. The third-order valence-corrected chi connectivity index (χ3v) is 15.0. The van der Waals surface area contributed by atoms with E-state index >= 15 is 0 Å². The minimum atomic E-state index is 0.399. The van der Waals surface area contributed by atoms with Gasteiger partial charge in [0, 0.05) is 33.2 Å². The van der Waals surface area contributed by atoms with E-state index in [2.05, 4.69) is 199 Å². The summed E-state index contributed by atoms with van der Waals surface area (Å²) in [6.07, 6.45) is 8.60. The van der Waals surface area contributed by atoms with Crippen LogP contribution in [-0.2, 0) is 5.41 Å². The largest absolute Gasteiger partial charge is 0.309 e. The quantitative estimate of drug-likeness (QED) is 0.161. The molecule has 8 aromatic carbocycles. The van der Waals surface area contributed by atoms with E-state index in [4.69, 9.17) is 9.97 Å². The van der Waals surface area contributed by atoms with Crippen LogP contribution in [0.5, 0.6) is 0 Å². The molecular weight excluding hydrogens is 763 g/mol. The van der Waals surface area contributed by atoms with Gasteiger partial charge in [-0.15, -0.1) is 0 Å². The van der Waals surface area contributed by atoms with E-state index in [0.29, 0.717) is 11.2 Å². The van der Waals surface area contributed by atoms with Gasteiger partial charge in [-0.05, 0) is 149 Å². The zero-order valence-corrected chi connectivity index (χ0v) is 35.3. The van der Waals surface area contributed by atoms with Gasteiger partial charge >= 0.3 is 0 Å². The van der Waals surface area contributed by atoms with E-state index in [0.717, 1.165) is 51.5 Å². The highest BCUT2D eigenvalue weighted by Gasteiger charge is 2.51. The van der Waals surface area contributed by atoms with Gasteiger partial charge in [-0.25, -0.2) is 9.97 Å². The predicted octanol–water partition coefficient (Wildman–Crippen LogP) is 15.5. The predicted molar refractivity (Wildman–Crippen MR) is 261 cm³/mol. The molecule has 0 spiro atoms. The van der Waals surface area contributed by atoms with Crippen LogP contribution in [-0.4, -0.2) is 14.5 Å². The van der Waals surface area contributed by atoms with Gasteiger partial charge in [-0.1, -0.05) is 146 Å². The molecule has 0 N–H and O–H groups in total. The van der Waals surface area contributed by atoms with Crippen LogP contribution >= 0.6 is 0 Å². The Hall–Kier alpha value is -7.10. The standard InChI is InChI=1S/C60H47N3/c1-2-11-43(12-3-1)54-35-55(62-59(61-54)45-25-29-49(30-26-45)63-56-21-6-4-17-52(56)53-18-5-7-22-57(53)63)47-16-8-15-46(34-47)51-20-10-14-44-13-9-19-50(58(44)51)42-23-27-48(28-24-42)60-36-39-31-40(37-60)33-41(32-39)38-60/h1-30,34-35,39-41H,31-33,36-38H2. The van der Waals surface area contributed by atoms with Crippen molar-refractivity contribution in [2.75, 3.05) is 0 Å². The molecular formula is C60H47N3. The molecule has 0 atom stereocenters. The first kappa shape index (κ1) is 36.5. The number of fused-ring (bicyclic) bond motifs is 4. The van der Waals surface area contributed by atoms with Gasteiger partial charge in [0.2, 0.25) is 0 Å². The molecule has 4 aliphatic carbocycles. The van der Waals surface area contributed by atoms with Gasteiger partial charge in [0.1, 0.15) is 0 Å². The lowest BCUT2D eigenvalue weighted by Crippen LogP contribution is -2.48. The Morgan fingerprint density at radius 2 is 0.937 bits per heavy atom. The van der Waals surface area contributed by atoms with Crippen molar-refractivity contribution in [2.45, 2.75) is 43.9 Å². The molecule has 0 unspecified atom stereocenters. The first-order chi connectivity index (χ1) is 31.1. The molecule has 10 aromatic rings. The molecule has 0 saturated heterocycles. The summed E-state index contributed by atoms with van der Waals surface area (Å²) in [4.78, 5) is 10.5. The minimum absolute atomic E-state index is 0.399. The van der Waals surface area contributed by atoms with Crippen molar-refractivity contribution in [1.29, 1.82) is 0 Å². The highest BCUT2D eigenvalue weighted by molar-refractivity contribution is 6.09. The fourth-order valence-electron chi connectivity index (χ4n) is 12.6. The molecule has 0 amide bonds. The van der Waals surface area contributed by atoms with Gasteiger partial charge in [-0.2, -0.15) is 0 Å². The van der Waals surface area contributed by atoms with Crippen LogP contribution in [0.3, 0.4) is 0 Å². The van der Waals surface area contributed by atoms with Crippen molar-refractivity contribution >= 4 is 32.6 Å². The molecule has 0 radical (unpaired) electrons. The van der Waals surface area contributed by atoms with Crippen molar-refractivity contribution in [3.8, 4) is 61.8 Å². The lowest BCUT2D eigenvalue weighted by molar-refractivity contribution is -0.00518. The molecule has 63 heavy (non-hydrogen) atoms. The Morgan fingerprint density at radius 1 is 0.413 bits per heavy atom. The van der Waals surface area contributed by atoms with E-state index < -0.39 is 0 Å². The molecule has 14 rings (SSSR count). The molecule has 4 fully saturated rings. The summed E-state index contributed by atoms with van der Waals surface area (Å²) in [5.41, 5.74) is 15.3. The highest BCUT2D eigenvalue weighted by Crippen LogP contribution is 2.61. The number of para-hydroxylation sites is 2. The zero-order valence-electron chi connectivity index (χ0n) is 35.3. The molecule has 4 bridgehead atoms. The number of aromatic nitrogens is 3. The van der Waals surface area contributed by atoms with Crippen LogP contribution in [0.15, 0.2) is 194 Å². The lowest BCUT2D eigenvalue weighted by atomic mass is 9.48. The topological polar surface area (TPSA) is 30.7 Å². The normalized spacial score (nSPS) is 20.2. The van der Waals surface area contributed by atoms with Crippen molar-refractivity contribution in [1.82, 2.24) is 14.5 Å². The Labute approximate surface area is 368 Å². The number of nitrogens with zero attached hydrogens (tertiary/aromatic N) is 3.